The lowest BCUT2D eigenvalue weighted by Crippen LogP contribution is -2.38. The lowest BCUT2D eigenvalue weighted by molar-refractivity contribution is -0.184. The van der Waals surface area contributed by atoms with Crippen molar-refractivity contribution in [3.8, 4) is 5.88 Å². The van der Waals surface area contributed by atoms with E-state index in [1.807, 2.05) is 0 Å². The van der Waals surface area contributed by atoms with E-state index in [1.54, 1.807) is 0 Å². The van der Waals surface area contributed by atoms with Gasteiger partial charge < -0.3 is 4.74 Å². The number of alkyl halides is 3. The molecule has 1 saturated carbocycles. The molecule has 0 bridgehead atoms. The van der Waals surface area contributed by atoms with Crippen LogP contribution in [-0.2, 0) is 0 Å². The van der Waals surface area contributed by atoms with E-state index in [-0.39, 0.29) is 24.8 Å². The van der Waals surface area contributed by atoms with Crippen molar-refractivity contribution in [1.29, 1.82) is 0 Å². The van der Waals surface area contributed by atoms with Gasteiger partial charge >= 0.3 is 6.18 Å². The first-order chi connectivity index (χ1) is 9.97. The van der Waals surface area contributed by atoms with Crippen molar-refractivity contribution in [2.24, 2.45) is 17.7 Å². The van der Waals surface area contributed by atoms with Gasteiger partial charge in [0.25, 0.3) is 0 Å². The number of methoxy groups -OCH3 is 1. The van der Waals surface area contributed by atoms with Crippen LogP contribution in [0.2, 0.25) is 0 Å². The van der Waals surface area contributed by atoms with Gasteiger partial charge in [0, 0.05) is 12.4 Å². The second kappa shape index (κ2) is 6.57. The van der Waals surface area contributed by atoms with E-state index in [0.29, 0.717) is 24.4 Å². The quantitative estimate of drug-likeness (QED) is 0.660. The number of ether oxygens (including phenoxy) is 1. The molecule has 5 nitrogen and oxygen atoms in total. The number of nitrogens with two attached hydrogens (primary N) is 1. The highest BCUT2D eigenvalue weighted by atomic mass is 19.4. The fourth-order valence-electron chi connectivity index (χ4n) is 2.92. The zero-order valence-corrected chi connectivity index (χ0v) is 11.7. The summed E-state index contributed by atoms with van der Waals surface area (Å²) >= 11 is 0. The summed E-state index contributed by atoms with van der Waals surface area (Å²) in [4.78, 5) is 8.27. The van der Waals surface area contributed by atoms with E-state index in [0.717, 1.165) is 0 Å². The summed E-state index contributed by atoms with van der Waals surface area (Å²) < 4.78 is 43.3. The molecule has 0 aliphatic heterocycles. The molecule has 0 spiro atoms. The topological polar surface area (TPSA) is 73.1 Å². The Morgan fingerprint density at radius 2 is 1.86 bits per heavy atom. The fourth-order valence-corrected chi connectivity index (χ4v) is 2.92. The third-order valence-corrected chi connectivity index (χ3v) is 4.06. The molecule has 0 saturated heterocycles. The van der Waals surface area contributed by atoms with Gasteiger partial charge in [-0.2, -0.15) is 13.2 Å². The van der Waals surface area contributed by atoms with Gasteiger partial charge in [-0.25, -0.2) is 4.98 Å². The number of hydrazine groups is 1. The van der Waals surface area contributed by atoms with Gasteiger partial charge in [0.05, 0.1) is 19.1 Å². The lowest BCUT2D eigenvalue weighted by atomic mass is 9.77. The molecule has 1 heterocycles. The SMILES string of the molecule is COc1nccnc1C(NN)C1CCC(C(F)(F)F)CC1. The first-order valence-corrected chi connectivity index (χ1v) is 6.85. The molecule has 1 aliphatic carbocycles. The van der Waals surface area contributed by atoms with Gasteiger partial charge in [-0.15, -0.1) is 0 Å². The summed E-state index contributed by atoms with van der Waals surface area (Å²) in [6, 6.07) is -0.358. The van der Waals surface area contributed by atoms with Crippen molar-refractivity contribution in [3.63, 3.8) is 0 Å². The standard InChI is InChI=1S/C13H19F3N4O/c1-21-12-11(18-6-7-19-12)10(20-17)8-2-4-9(5-3-8)13(14,15)16/h6-10,20H,2-5,17H2,1H3. The molecule has 1 aromatic rings. The summed E-state index contributed by atoms with van der Waals surface area (Å²) in [6.07, 6.45) is 0.0300. The molecule has 2 rings (SSSR count). The first kappa shape index (κ1) is 16.0. The van der Waals surface area contributed by atoms with Crippen LogP contribution in [-0.4, -0.2) is 23.3 Å². The molecule has 1 unspecified atom stereocenters. The minimum absolute atomic E-state index is 0.0146. The second-order valence-corrected chi connectivity index (χ2v) is 5.25. The van der Waals surface area contributed by atoms with Crippen LogP contribution in [0.1, 0.15) is 37.4 Å². The van der Waals surface area contributed by atoms with Crippen molar-refractivity contribution in [2.75, 3.05) is 7.11 Å². The maximum absolute atomic E-state index is 12.7. The third kappa shape index (κ3) is 3.62. The minimum atomic E-state index is -4.11. The van der Waals surface area contributed by atoms with Gasteiger partial charge in [0.1, 0.15) is 5.69 Å². The molecule has 1 aromatic heterocycles. The smallest absolute Gasteiger partial charge is 0.391 e. The molecule has 8 heteroatoms. The van der Waals surface area contributed by atoms with Crippen molar-refractivity contribution in [2.45, 2.75) is 37.9 Å². The summed E-state index contributed by atoms with van der Waals surface area (Å²) in [6.45, 7) is 0. The maximum Gasteiger partial charge on any atom is 0.391 e. The number of nitrogens with zero attached hydrogens (tertiary/aromatic N) is 2. The normalized spacial score (nSPS) is 24.6. The molecule has 3 N–H and O–H groups in total. The molecule has 1 aliphatic rings. The van der Waals surface area contributed by atoms with Crippen molar-refractivity contribution in [3.05, 3.63) is 18.1 Å². The Hall–Kier alpha value is -1.41. The van der Waals surface area contributed by atoms with Crippen molar-refractivity contribution < 1.29 is 17.9 Å². The highest BCUT2D eigenvalue weighted by Gasteiger charge is 2.43. The van der Waals surface area contributed by atoms with Crippen molar-refractivity contribution in [1.82, 2.24) is 15.4 Å². The number of nitrogens with one attached hydrogen (secondary N) is 1. The van der Waals surface area contributed by atoms with Crippen LogP contribution >= 0.6 is 0 Å². The molecule has 0 aromatic carbocycles. The van der Waals surface area contributed by atoms with Gasteiger partial charge in [-0.05, 0) is 31.6 Å². The van der Waals surface area contributed by atoms with E-state index in [1.165, 1.54) is 19.5 Å². The van der Waals surface area contributed by atoms with Gasteiger partial charge in [0.2, 0.25) is 5.88 Å². The van der Waals surface area contributed by atoms with Crippen LogP contribution in [0.5, 0.6) is 5.88 Å². The van der Waals surface area contributed by atoms with Crippen LogP contribution in [0.25, 0.3) is 0 Å². The Morgan fingerprint density at radius 3 is 2.38 bits per heavy atom. The van der Waals surface area contributed by atoms with Crippen LogP contribution in [0, 0.1) is 11.8 Å². The van der Waals surface area contributed by atoms with E-state index in [2.05, 4.69) is 15.4 Å². The predicted octanol–water partition coefficient (Wildman–Crippen LogP) is 2.36. The van der Waals surface area contributed by atoms with Crippen LogP contribution in [0.15, 0.2) is 12.4 Å². The third-order valence-electron chi connectivity index (χ3n) is 4.06. The van der Waals surface area contributed by atoms with Crippen LogP contribution < -0.4 is 16.0 Å². The Balaban J connectivity index is 2.10. The molecule has 0 amide bonds. The van der Waals surface area contributed by atoms with Crippen LogP contribution in [0.3, 0.4) is 0 Å². The number of hydrogen-bond donors (Lipinski definition) is 2. The summed E-state index contributed by atoms with van der Waals surface area (Å²) in [5, 5.41) is 0. The highest BCUT2D eigenvalue weighted by molar-refractivity contribution is 5.22. The first-order valence-electron chi connectivity index (χ1n) is 6.85. The number of hydrogen-bond acceptors (Lipinski definition) is 5. The molecule has 21 heavy (non-hydrogen) atoms. The van der Waals surface area contributed by atoms with E-state index in [4.69, 9.17) is 10.6 Å². The van der Waals surface area contributed by atoms with Gasteiger partial charge in [-0.3, -0.25) is 16.3 Å². The number of aromatic nitrogens is 2. The largest absolute Gasteiger partial charge is 0.480 e. The predicted molar refractivity (Wildman–Crippen MR) is 70.2 cm³/mol. The minimum Gasteiger partial charge on any atom is -0.480 e. The zero-order valence-electron chi connectivity index (χ0n) is 11.7. The second-order valence-electron chi connectivity index (χ2n) is 5.25. The summed E-state index contributed by atoms with van der Waals surface area (Å²) in [7, 11) is 1.47. The van der Waals surface area contributed by atoms with E-state index in [9.17, 15) is 13.2 Å². The fraction of sp³-hybridized carbons (Fsp3) is 0.692. The number of halogens is 3. The maximum atomic E-state index is 12.7. The molecule has 0 radical (unpaired) electrons. The van der Waals surface area contributed by atoms with Gasteiger partial charge in [0.15, 0.2) is 0 Å². The Morgan fingerprint density at radius 1 is 1.24 bits per heavy atom. The monoisotopic (exact) mass is 304 g/mol. The molecule has 1 fully saturated rings. The van der Waals surface area contributed by atoms with Crippen LogP contribution in [0.4, 0.5) is 13.2 Å². The van der Waals surface area contributed by atoms with E-state index < -0.39 is 12.1 Å². The Kier molecular flexibility index (Phi) is 5.00. The highest BCUT2D eigenvalue weighted by Crippen LogP contribution is 2.43. The lowest BCUT2D eigenvalue weighted by Gasteiger charge is -2.34. The average molecular weight is 304 g/mol. The molecular weight excluding hydrogens is 285 g/mol. The van der Waals surface area contributed by atoms with Crippen molar-refractivity contribution >= 4 is 0 Å². The summed E-state index contributed by atoms with van der Waals surface area (Å²) in [5.41, 5.74) is 3.19. The average Bonchev–Trinajstić information content (AvgIpc) is 2.48. The molecule has 1 atom stereocenters. The van der Waals surface area contributed by atoms with E-state index >= 15 is 0 Å². The molecule has 118 valence electrons. The number of rotatable bonds is 4. The molecular formula is C13H19F3N4O. The zero-order chi connectivity index (χ0) is 15.5. The summed E-state index contributed by atoms with van der Waals surface area (Å²) in [5.74, 6) is 4.70. The Labute approximate surface area is 121 Å². The Bertz CT molecular complexity index is 461. The van der Waals surface area contributed by atoms with Gasteiger partial charge in [-0.1, -0.05) is 0 Å².